The van der Waals surface area contributed by atoms with Crippen LogP contribution in [-0.4, -0.2) is 6.71 Å². The van der Waals surface area contributed by atoms with E-state index in [1.807, 2.05) is 0 Å². The standard InChI is InChI=1S/C24H27B/c1-16-12-18(3)23(19(4)13-16)25(22-10-8-7-9-11-22)24-20(5)14-17(2)15-21(24)6/h7-15H,1-6H3. The summed E-state index contributed by atoms with van der Waals surface area (Å²) in [6.07, 6.45) is 0. The summed E-state index contributed by atoms with van der Waals surface area (Å²) in [6.45, 7) is 13.7. The average molecular weight is 326 g/mol. The number of hydrogen-bond donors (Lipinski definition) is 0. The second kappa shape index (κ2) is 6.92. The van der Waals surface area contributed by atoms with Crippen molar-refractivity contribution in [2.24, 2.45) is 0 Å². The van der Waals surface area contributed by atoms with Crippen LogP contribution in [0, 0.1) is 41.5 Å². The molecule has 0 unspecified atom stereocenters. The monoisotopic (exact) mass is 326 g/mol. The fourth-order valence-corrected chi connectivity index (χ4v) is 4.42. The van der Waals surface area contributed by atoms with Crippen molar-refractivity contribution in [3.05, 3.63) is 88.0 Å². The smallest absolute Gasteiger partial charge is 0.0686 e. The van der Waals surface area contributed by atoms with Crippen LogP contribution in [0.3, 0.4) is 0 Å². The maximum Gasteiger partial charge on any atom is 0.242 e. The minimum Gasteiger partial charge on any atom is -0.0686 e. The predicted molar refractivity (Wildman–Crippen MR) is 112 cm³/mol. The molecule has 0 bridgehead atoms. The summed E-state index contributed by atoms with van der Waals surface area (Å²) in [5, 5.41) is 0. The van der Waals surface area contributed by atoms with E-state index in [9.17, 15) is 0 Å². The molecular weight excluding hydrogens is 299 g/mol. The highest BCUT2D eigenvalue weighted by atomic mass is 14.1. The van der Waals surface area contributed by atoms with Crippen molar-refractivity contribution in [3.63, 3.8) is 0 Å². The Bertz CT molecular complexity index is 803. The average Bonchev–Trinajstić information content (AvgIpc) is 2.52. The summed E-state index contributed by atoms with van der Waals surface area (Å²) >= 11 is 0. The van der Waals surface area contributed by atoms with Gasteiger partial charge in [0, 0.05) is 0 Å². The summed E-state index contributed by atoms with van der Waals surface area (Å²) in [6, 6.07) is 20.2. The van der Waals surface area contributed by atoms with Gasteiger partial charge in [-0.25, -0.2) is 0 Å². The molecule has 3 aromatic carbocycles. The van der Waals surface area contributed by atoms with E-state index in [0.717, 1.165) is 0 Å². The molecule has 0 aliphatic rings. The van der Waals surface area contributed by atoms with Crippen LogP contribution < -0.4 is 16.4 Å². The molecule has 0 spiro atoms. The third kappa shape index (κ3) is 3.42. The van der Waals surface area contributed by atoms with Crippen molar-refractivity contribution < 1.29 is 0 Å². The number of aryl methyl sites for hydroxylation is 6. The second-order valence-corrected chi connectivity index (χ2v) is 7.47. The third-order valence-electron chi connectivity index (χ3n) is 5.19. The Morgan fingerprint density at radius 2 is 0.880 bits per heavy atom. The predicted octanol–water partition coefficient (Wildman–Crippen LogP) is 4.05. The van der Waals surface area contributed by atoms with Crippen LogP contribution in [0.5, 0.6) is 0 Å². The molecule has 126 valence electrons. The normalized spacial score (nSPS) is 10.8. The first-order chi connectivity index (χ1) is 11.9. The fraction of sp³-hybridized carbons (Fsp3) is 0.250. The molecule has 0 atom stereocenters. The highest BCUT2D eigenvalue weighted by molar-refractivity contribution is 6.96. The Labute approximate surface area is 153 Å². The van der Waals surface area contributed by atoms with Crippen LogP contribution in [0.2, 0.25) is 0 Å². The first-order valence-electron chi connectivity index (χ1n) is 9.09. The first-order valence-corrected chi connectivity index (χ1v) is 9.09. The number of benzene rings is 3. The van der Waals surface area contributed by atoms with Gasteiger partial charge in [-0.15, -0.1) is 0 Å². The largest absolute Gasteiger partial charge is 0.242 e. The van der Waals surface area contributed by atoms with E-state index in [-0.39, 0.29) is 6.71 Å². The van der Waals surface area contributed by atoms with Gasteiger partial charge in [-0.05, 0) is 41.5 Å². The molecular formula is C24H27B. The van der Waals surface area contributed by atoms with Crippen LogP contribution >= 0.6 is 0 Å². The Hall–Kier alpha value is -2.28. The summed E-state index contributed by atoms with van der Waals surface area (Å²) in [5.41, 5.74) is 12.5. The number of hydrogen-bond acceptors (Lipinski definition) is 0. The maximum absolute atomic E-state index is 2.32. The van der Waals surface area contributed by atoms with E-state index in [1.165, 1.54) is 49.8 Å². The SMILES string of the molecule is Cc1cc(C)c(B(c2ccccc2)c2c(C)cc(C)cc2C)c(C)c1. The quantitative estimate of drug-likeness (QED) is 0.637. The highest BCUT2D eigenvalue weighted by Gasteiger charge is 2.27. The van der Waals surface area contributed by atoms with Gasteiger partial charge in [-0.1, -0.05) is 104 Å². The van der Waals surface area contributed by atoms with Gasteiger partial charge < -0.3 is 0 Å². The van der Waals surface area contributed by atoms with Crippen molar-refractivity contribution in [2.75, 3.05) is 0 Å². The van der Waals surface area contributed by atoms with Gasteiger partial charge in [0.15, 0.2) is 0 Å². The van der Waals surface area contributed by atoms with Crippen LogP contribution in [-0.2, 0) is 0 Å². The molecule has 0 aliphatic heterocycles. The molecule has 0 aliphatic carbocycles. The first kappa shape index (κ1) is 17.5. The summed E-state index contributed by atoms with van der Waals surface area (Å²) in [5.74, 6) is 0. The van der Waals surface area contributed by atoms with Crippen molar-refractivity contribution >= 4 is 23.1 Å². The van der Waals surface area contributed by atoms with Gasteiger partial charge in [0.1, 0.15) is 0 Å². The molecule has 0 radical (unpaired) electrons. The lowest BCUT2D eigenvalue weighted by molar-refractivity contribution is 1.34. The van der Waals surface area contributed by atoms with Crippen molar-refractivity contribution in [1.82, 2.24) is 0 Å². The topological polar surface area (TPSA) is 0 Å². The maximum atomic E-state index is 2.32. The van der Waals surface area contributed by atoms with Crippen LogP contribution in [0.4, 0.5) is 0 Å². The van der Waals surface area contributed by atoms with Gasteiger partial charge in [-0.3, -0.25) is 0 Å². The molecule has 0 nitrogen and oxygen atoms in total. The molecule has 25 heavy (non-hydrogen) atoms. The molecule has 3 aromatic rings. The molecule has 1 heteroatoms. The highest BCUT2D eigenvalue weighted by Crippen LogP contribution is 2.12. The van der Waals surface area contributed by atoms with Crippen molar-refractivity contribution in [1.29, 1.82) is 0 Å². The zero-order chi connectivity index (χ0) is 18.1. The van der Waals surface area contributed by atoms with E-state index >= 15 is 0 Å². The van der Waals surface area contributed by atoms with Crippen LogP contribution in [0.25, 0.3) is 0 Å². The van der Waals surface area contributed by atoms with E-state index in [0.29, 0.717) is 0 Å². The summed E-state index contributed by atoms with van der Waals surface area (Å²) in [4.78, 5) is 0. The van der Waals surface area contributed by atoms with E-state index in [4.69, 9.17) is 0 Å². The minimum absolute atomic E-state index is 0.280. The van der Waals surface area contributed by atoms with E-state index in [1.54, 1.807) is 0 Å². The third-order valence-corrected chi connectivity index (χ3v) is 5.19. The zero-order valence-electron chi connectivity index (χ0n) is 16.3. The molecule has 0 saturated carbocycles. The van der Waals surface area contributed by atoms with Gasteiger partial charge in [0.05, 0.1) is 0 Å². The van der Waals surface area contributed by atoms with Crippen molar-refractivity contribution in [2.45, 2.75) is 41.5 Å². The molecule has 0 fully saturated rings. The van der Waals surface area contributed by atoms with Crippen LogP contribution in [0.15, 0.2) is 54.6 Å². The molecule has 0 N–H and O–H groups in total. The van der Waals surface area contributed by atoms with E-state index in [2.05, 4.69) is 96.1 Å². The fourth-order valence-electron chi connectivity index (χ4n) is 4.42. The zero-order valence-corrected chi connectivity index (χ0v) is 16.3. The van der Waals surface area contributed by atoms with Crippen molar-refractivity contribution in [3.8, 4) is 0 Å². The second-order valence-electron chi connectivity index (χ2n) is 7.47. The summed E-state index contributed by atoms with van der Waals surface area (Å²) < 4.78 is 0. The van der Waals surface area contributed by atoms with Crippen LogP contribution in [0.1, 0.15) is 33.4 Å². The lowest BCUT2D eigenvalue weighted by atomic mass is 9.34. The van der Waals surface area contributed by atoms with Gasteiger partial charge in [0.2, 0.25) is 6.71 Å². The minimum atomic E-state index is 0.280. The summed E-state index contributed by atoms with van der Waals surface area (Å²) in [7, 11) is 0. The number of rotatable bonds is 3. The molecule has 3 rings (SSSR count). The Morgan fingerprint density at radius 1 is 0.520 bits per heavy atom. The van der Waals surface area contributed by atoms with Gasteiger partial charge >= 0.3 is 0 Å². The lowest BCUT2D eigenvalue weighted by Gasteiger charge is -2.24. The lowest BCUT2D eigenvalue weighted by Crippen LogP contribution is -2.55. The van der Waals surface area contributed by atoms with E-state index < -0.39 is 0 Å². The Kier molecular flexibility index (Phi) is 4.86. The van der Waals surface area contributed by atoms with Gasteiger partial charge in [-0.2, -0.15) is 0 Å². The molecule has 0 heterocycles. The molecule has 0 amide bonds. The molecule has 0 saturated heterocycles. The van der Waals surface area contributed by atoms with Gasteiger partial charge in [0.25, 0.3) is 0 Å². The Balaban J connectivity index is 2.34. The Morgan fingerprint density at radius 3 is 1.24 bits per heavy atom. The molecule has 0 aromatic heterocycles.